The van der Waals surface area contributed by atoms with Crippen molar-refractivity contribution in [2.45, 2.75) is 24.0 Å². The van der Waals surface area contributed by atoms with E-state index in [1.165, 1.54) is 11.8 Å². The van der Waals surface area contributed by atoms with Crippen molar-refractivity contribution >= 4 is 29.3 Å². The van der Waals surface area contributed by atoms with Gasteiger partial charge in [0.2, 0.25) is 5.91 Å². The fourth-order valence-corrected chi connectivity index (χ4v) is 4.03. The van der Waals surface area contributed by atoms with Gasteiger partial charge in [0.05, 0.1) is 12.9 Å². The van der Waals surface area contributed by atoms with Gasteiger partial charge in [-0.1, -0.05) is 35.5 Å². The van der Waals surface area contributed by atoms with Gasteiger partial charge in [-0.25, -0.2) is 0 Å². The Morgan fingerprint density at radius 3 is 2.69 bits per heavy atom. The molecule has 0 atom stereocenters. The Morgan fingerprint density at radius 1 is 1.24 bits per heavy atom. The van der Waals surface area contributed by atoms with E-state index >= 15 is 0 Å². The van der Waals surface area contributed by atoms with Crippen molar-refractivity contribution in [3.05, 3.63) is 53.6 Å². The molecule has 1 heterocycles. The Bertz CT molecular complexity index is 1020. The molecule has 0 N–H and O–H groups in total. The SMILES string of the molecule is COc1cccc(-c2nnc(SCC(=O)N(C)C3CC3)n2-c2ccc(Cl)cc2)c1. The second-order valence-corrected chi connectivity index (χ2v) is 8.25. The highest BCUT2D eigenvalue weighted by Crippen LogP contribution is 2.31. The Kier molecular flexibility index (Phi) is 5.78. The highest BCUT2D eigenvalue weighted by molar-refractivity contribution is 7.99. The predicted molar refractivity (Wildman–Crippen MR) is 115 cm³/mol. The number of ether oxygens (including phenoxy) is 1. The van der Waals surface area contributed by atoms with Crippen molar-refractivity contribution in [2.24, 2.45) is 0 Å². The van der Waals surface area contributed by atoms with Crippen LogP contribution in [-0.4, -0.2) is 51.5 Å². The molecule has 1 fully saturated rings. The summed E-state index contributed by atoms with van der Waals surface area (Å²) in [5.74, 6) is 1.84. The number of thioether (sulfide) groups is 1. The van der Waals surface area contributed by atoms with Crippen LogP contribution in [0.4, 0.5) is 0 Å². The van der Waals surface area contributed by atoms with E-state index in [1.807, 2.05) is 65.0 Å². The number of methoxy groups -OCH3 is 1. The number of hydrogen-bond acceptors (Lipinski definition) is 5. The summed E-state index contributed by atoms with van der Waals surface area (Å²) in [4.78, 5) is 14.3. The quantitative estimate of drug-likeness (QED) is 0.525. The van der Waals surface area contributed by atoms with Gasteiger partial charge in [0, 0.05) is 29.4 Å². The molecule has 0 aliphatic heterocycles. The first kappa shape index (κ1) is 19.8. The summed E-state index contributed by atoms with van der Waals surface area (Å²) in [5.41, 5.74) is 1.75. The Labute approximate surface area is 178 Å². The molecule has 2 aromatic carbocycles. The molecule has 3 aromatic rings. The minimum Gasteiger partial charge on any atom is -0.497 e. The van der Waals surface area contributed by atoms with Crippen LogP contribution in [-0.2, 0) is 4.79 Å². The van der Waals surface area contributed by atoms with E-state index in [4.69, 9.17) is 16.3 Å². The van der Waals surface area contributed by atoms with Crippen molar-refractivity contribution in [2.75, 3.05) is 19.9 Å². The summed E-state index contributed by atoms with van der Waals surface area (Å²) < 4.78 is 7.29. The van der Waals surface area contributed by atoms with Gasteiger partial charge in [-0.3, -0.25) is 9.36 Å². The van der Waals surface area contributed by atoms with Crippen molar-refractivity contribution in [3.63, 3.8) is 0 Å². The summed E-state index contributed by atoms with van der Waals surface area (Å²) in [6.45, 7) is 0. The fraction of sp³-hybridized carbons (Fsp3) is 0.286. The molecule has 4 rings (SSSR count). The normalized spacial score (nSPS) is 13.3. The van der Waals surface area contributed by atoms with E-state index in [-0.39, 0.29) is 5.91 Å². The van der Waals surface area contributed by atoms with Crippen molar-refractivity contribution < 1.29 is 9.53 Å². The van der Waals surface area contributed by atoms with Gasteiger partial charge >= 0.3 is 0 Å². The Morgan fingerprint density at radius 2 is 2.00 bits per heavy atom. The van der Waals surface area contributed by atoms with Crippen LogP contribution < -0.4 is 4.74 Å². The lowest BCUT2D eigenvalue weighted by Gasteiger charge is -2.16. The molecule has 6 nitrogen and oxygen atoms in total. The highest BCUT2D eigenvalue weighted by Gasteiger charge is 2.29. The van der Waals surface area contributed by atoms with Gasteiger partial charge in [0.25, 0.3) is 0 Å². The van der Waals surface area contributed by atoms with Crippen LogP contribution in [0.1, 0.15) is 12.8 Å². The monoisotopic (exact) mass is 428 g/mol. The number of benzene rings is 2. The van der Waals surface area contributed by atoms with E-state index in [9.17, 15) is 4.79 Å². The van der Waals surface area contributed by atoms with Crippen molar-refractivity contribution in [1.29, 1.82) is 0 Å². The van der Waals surface area contributed by atoms with Gasteiger partial charge in [-0.2, -0.15) is 0 Å². The number of halogens is 1. The minimum absolute atomic E-state index is 0.103. The minimum atomic E-state index is 0.103. The molecule has 1 aromatic heterocycles. The Balaban J connectivity index is 1.68. The molecule has 0 unspecified atom stereocenters. The smallest absolute Gasteiger partial charge is 0.233 e. The van der Waals surface area contributed by atoms with E-state index in [2.05, 4.69) is 10.2 Å². The van der Waals surface area contributed by atoms with Crippen LogP contribution in [0.3, 0.4) is 0 Å². The number of nitrogens with zero attached hydrogens (tertiary/aromatic N) is 4. The van der Waals surface area contributed by atoms with Gasteiger partial charge in [-0.05, 0) is 49.2 Å². The molecule has 1 amide bonds. The van der Waals surface area contributed by atoms with Crippen LogP contribution in [0.2, 0.25) is 5.02 Å². The van der Waals surface area contributed by atoms with Gasteiger partial charge < -0.3 is 9.64 Å². The van der Waals surface area contributed by atoms with Crippen LogP contribution in [0.25, 0.3) is 17.1 Å². The number of carbonyl (C=O) groups excluding carboxylic acids is 1. The fourth-order valence-electron chi connectivity index (χ4n) is 3.03. The van der Waals surface area contributed by atoms with Gasteiger partial charge in [0.1, 0.15) is 5.75 Å². The zero-order valence-corrected chi connectivity index (χ0v) is 17.8. The third kappa shape index (κ3) is 4.41. The average Bonchev–Trinajstić information content (AvgIpc) is 3.51. The molecule has 0 bridgehead atoms. The summed E-state index contributed by atoms with van der Waals surface area (Å²) >= 11 is 7.46. The Hall–Kier alpha value is -2.51. The first-order valence-electron chi connectivity index (χ1n) is 9.31. The van der Waals surface area contributed by atoms with E-state index < -0.39 is 0 Å². The predicted octanol–water partition coefficient (Wildman–Crippen LogP) is 4.31. The van der Waals surface area contributed by atoms with Crippen LogP contribution in [0, 0.1) is 0 Å². The lowest BCUT2D eigenvalue weighted by Crippen LogP contribution is -2.30. The average molecular weight is 429 g/mol. The maximum atomic E-state index is 12.5. The third-order valence-electron chi connectivity index (χ3n) is 4.86. The number of carbonyl (C=O) groups is 1. The van der Waals surface area contributed by atoms with Crippen LogP contribution >= 0.6 is 23.4 Å². The number of rotatable bonds is 7. The standard InChI is InChI=1S/C21H21ClN4O2S/c1-25(16-10-11-16)19(27)13-29-21-24-23-20(14-4-3-5-18(12-14)28-2)26(21)17-8-6-15(22)7-9-17/h3-9,12,16H,10-11,13H2,1-2H3. The molecule has 0 radical (unpaired) electrons. The number of amides is 1. The molecule has 8 heteroatoms. The number of aromatic nitrogens is 3. The summed E-state index contributed by atoms with van der Waals surface area (Å²) in [6, 6.07) is 15.5. The molecule has 29 heavy (non-hydrogen) atoms. The van der Waals surface area contributed by atoms with Gasteiger partial charge in [0.15, 0.2) is 11.0 Å². The van der Waals surface area contributed by atoms with E-state index in [0.717, 1.165) is 29.8 Å². The summed E-state index contributed by atoms with van der Waals surface area (Å²) in [7, 11) is 3.50. The van der Waals surface area contributed by atoms with Gasteiger partial charge in [-0.15, -0.1) is 10.2 Å². The molecule has 1 aliphatic carbocycles. The molecule has 150 valence electrons. The lowest BCUT2D eigenvalue weighted by atomic mass is 10.2. The maximum Gasteiger partial charge on any atom is 0.233 e. The number of hydrogen-bond donors (Lipinski definition) is 0. The molecule has 0 spiro atoms. The zero-order valence-electron chi connectivity index (χ0n) is 16.2. The summed E-state index contributed by atoms with van der Waals surface area (Å²) in [5, 5.41) is 10.1. The second kappa shape index (κ2) is 8.47. The lowest BCUT2D eigenvalue weighted by molar-refractivity contribution is -0.127. The molecular formula is C21H21ClN4O2S. The van der Waals surface area contributed by atoms with Crippen LogP contribution in [0.15, 0.2) is 53.7 Å². The maximum absolute atomic E-state index is 12.5. The molecule has 1 saturated carbocycles. The first-order chi connectivity index (χ1) is 14.1. The van der Waals surface area contributed by atoms with E-state index in [0.29, 0.717) is 27.8 Å². The second-order valence-electron chi connectivity index (χ2n) is 6.87. The van der Waals surface area contributed by atoms with Crippen molar-refractivity contribution in [1.82, 2.24) is 19.7 Å². The third-order valence-corrected chi connectivity index (χ3v) is 6.02. The van der Waals surface area contributed by atoms with E-state index in [1.54, 1.807) is 7.11 Å². The zero-order chi connectivity index (χ0) is 20.4. The largest absolute Gasteiger partial charge is 0.497 e. The van der Waals surface area contributed by atoms with Crippen LogP contribution in [0.5, 0.6) is 5.75 Å². The van der Waals surface area contributed by atoms with Crippen molar-refractivity contribution in [3.8, 4) is 22.8 Å². The molecular weight excluding hydrogens is 408 g/mol. The highest BCUT2D eigenvalue weighted by atomic mass is 35.5. The first-order valence-corrected chi connectivity index (χ1v) is 10.7. The summed E-state index contributed by atoms with van der Waals surface area (Å²) in [6.07, 6.45) is 2.18. The topological polar surface area (TPSA) is 60.3 Å². The molecule has 1 aliphatic rings. The molecule has 0 saturated heterocycles.